The number of pyridine rings is 2. The summed E-state index contributed by atoms with van der Waals surface area (Å²) in [7, 11) is 0. The number of fused-ring (bicyclic) bond motifs is 1. The van der Waals surface area contributed by atoms with Crippen molar-refractivity contribution in [2.75, 3.05) is 23.3 Å². The molecule has 1 atom stereocenters. The number of nitrogens with one attached hydrogen (secondary N) is 1. The Morgan fingerprint density at radius 1 is 1.26 bits per heavy atom. The molecule has 0 unspecified atom stereocenters. The highest BCUT2D eigenvalue weighted by Crippen LogP contribution is 2.34. The average molecular weight is 471 g/mol. The van der Waals surface area contributed by atoms with E-state index in [4.69, 9.17) is 15.7 Å². The van der Waals surface area contributed by atoms with Crippen molar-refractivity contribution < 1.29 is 0 Å². The van der Waals surface area contributed by atoms with Crippen LogP contribution in [-0.4, -0.2) is 48.7 Å². The van der Waals surface area contributed by atoms with Gasteiger partial charge in [-0.05, 0) is 45.7 Å². The van der Waals surface area contributed by atoms with Crippen molar-refractivity contribution in [2.45, 2.75) is 52.2 Å². The number of nitriles is 1. The first kappa shape index (κ1) is 22.8. The summed E-state index contributed by atoms with van der Waals surface area (Å²) in [6.07, 6.45) is 7.91. The lowest BCUT2D eigenvalue weighted by atomic mass is 10.0. The second kappa shape index (κ2) is 9.35. The molecule has 35 heavy (non-hydrogen) atoms. The molecule has 5 heterocycles. The molecule has 5 rings (SSSR count). The molecule has 1 aliphatic rings. The molecule has 0 spiro atoms. The number of nitrogens with zero attached hydrogens (tertiary/aromatic N) is 8. The molecule has 4 aromatic heterocycles. The fraction of sp³-hybridized carbons (Fsp3) is 0.400. The van der Waals surface area contributed by atoms with Crippen LogP contribution < -0.4 is 16.0 Å². The predicted molar refractivity (Wildman–Crippen MR) is 136 cm³/mol. The molecule has 0 aliphatic carbocycles. The van der Waals surface area contributed by atoms with Crippen LogP contribution in [0.1, 0.15) is 45.3 Å². The van der Waals surface area contributed by atoms with Crippen molar-refractivity contribution in [3.05, 3.63) is 42.5 Å². The van der Waals surface area contributed by atoms with Gasteiger partial charge in [0.15, 0.2) is 11.3 Å². The average Bonchev–Trinajstić information content (AvgIpc) is 3.48. The first-order valence-electron chi connectivity index (χ1n) is 12.1. The highest BCUT2D eigenvalue weighted by atomic mass is 15.3. The van der Waals surface area contributed by atoms with E-state index < -0.39 is 0 Å². The summed E-state index contributed by atoms with van der Waals surface area (Å²) in [6.45, 7) is 8.67. The minimum atomic E-state index is 0.0821. The lowest BCUT2D eigenvalue weighted by Crippen LogP contribution is -2.43. The minimum Gasteiger partial charge on any atom is -0.369 e. The highest BCUT2D eigenvalue weighted by Gasteiger charge is 2.22. The molecule has 4 aromatic rings. The molecular formula is C25H30N10. The number of piperidine rings is 1. The summed E-state index contributed by atoms with van der Waals surface area (Å²) in [6, 6.07) is 8.19. The second-order valence-electron chi connectivity index (χ2n) is 9.21. The Morgan fingerprint density at radius 2 is 2.11 bits per heavy atom. The molecular weight excluding hydrogens is 440 g/mol. The summed E-state index contributed by atoms with van der Waals surface area (Å²) in [4.78, 5) is 11.8. The number of hydrogen-bond acceptors (Lipinski definition) is 8. The maximum atomic E-state index is 9.45. The van der Waals surface area contributed by atoms with E-state index in [-0.39, 0.29) is 12.1 Å². The van der Waals surface area contributed by atoms with Crippen LogP contribution >= 0.6 is 0 Å². The van der Waals surface area contributed by atoms with Crippen LogP contribution in [0, 0.1) is 11.3 Å². The van der Waals surface area contributed by atoms with Gasteiger partial charge in [0.1, 0.15) is 17.7 Å². The third-order valence-electron chi connectivity index (χ3n) is 6.36. The molecule has 0 bridgehead atoms. The molecule has 0 aromatic carbocycles. The van der Waals surface area contributed by atoms with Gasteiger partial charge in [-0.15, -0.1) is 0 Å². The van der Waals surface area contributed by atoms with Crippen LogP contribution in [-0.2, 0) is 6.54 Å². The predicted octanol–water partition coefficient (Wildman–Crippen LogP) is 3.83. The van der Waals surface area contributed by atoms with Crippen LogP contribution in [0.5, 0.6) is 0 Å². The van der Waals surface area contributed by atoms with Crippen LogP contribution in [0.15, 0.2) is 36.8 Å². The van der Waals surface area contributed by atoms with E-state index in [0.717, 1.165) is 54.7 Å². The zero-order valence-corrected chi connectivity index (χ0v) is 20.3. The number of hydrogen-bond donors (Lipinski definition) is 2. The fourth-order valence-electron chi connectivity index (χ4n) is 4.56. The smallest absolute Gasteiger partial charge is 0.172 e. The van der Waals surface area contributed by atoms with Crippen molar-refractivity contribution >= 4 is 28.4 Å². The summed E-state index contributed by atoms with van der Waals surface area (Å²) < 4.78 is 3.70. The van der Waals surface area contributed by atoms with Gasteiger partial charge in [-0.3, -0.25) is 4.68 Å². The summed E-state index contributed by atoms with van der Waals surface area (Å²) >= 11 is 0. The Bertz CT molecular complexity index is 1390. The fourth-order valence-corrected chi connectivity index (χ4v) is 4.56. The van der Waals surface area contributed by atoms with E-state index in [2.05, 4.69) is 39.5 Å². The van der Waals surface area contributed by atoms with Gasteiger partial charge < -0.3 is 16.0 Å². The van der Waals surface area contributed by atoms with Gasteiger partial charge in [0.2, 0.25) is 0 Å². The van der Waals surface area contributed by atoms with Gasteiger partial charge in [0.05, 0.1) is 11.6 Å². The Kier molecular flexibility index (Phi) is 6.09. The SMILES string of the molecule is CCn1cc(-c2cnc(Nc3ccc4c(C#N)nn(C(C)C)c4n3)cc2N2CCC[C@H](N)C2)cn1. The molecule has 3 N–H and O–H groups in total. The molecule has 0 saturated carbocycles. The highest BCUT2D eigenvalue weighted by molar-refractivity contribution is 5.84. The molecule has 180 valence electrons. The largest absolute Gasteiger partial charge is 0.369 e. The standard InChI is InChI=1S/C25H30N10/c1-4-34-14-17(12-29-34)20-13-28-24(10-22(20)33-9-5-6-18(27)15-33)30-23-8-7-19-21(11-26)32-35(16(2)3)25(19)31-23/h7-8,10,12-14,16,18H,4-6,9,15,27H2,1-3H3,(H,28,30,31)/t18-/m0/s1. The van der Waals surface area contributed by atoms with Gasteiger partial charge in [-0.1, -0.05) is 0 Å². The van der Waals surface area contributed by atoms with Crippen LogP contribution in [0.25, 0.3) is 22.2 Å². The van der Waals surface area contributed by atoms with Crippen molar-refractivity contribution in [2.24, 2.45) is 5.73 Å². The van der Waals surface area contributed by atoms with Crippen LogP contribution in [0.2, 0.25) is 0 Å². The van der Waals surface area contributed by atoms with Crippen LogP contribution in [0.4, 0.5) is 17.3 Å². The molecule has 0 amide bonds. The summed E-state index contributed by atoms with van der Waals surface area (Å²) in [5, 5.41) is 22.4. The van der Waals surface area contributed by atoms with Gasteiger partial charge in [0.25, 0.3) is 0 Å². The van der Waals surface area contributed by atoms with Gasteiger partial charge in [-0.2, -0.15) is 15.5 Å². The maximum absolute atomic E-state index is 9.45. The molecule has 10 nitrogen and oxygen atoms in total. The molecule has 1 aliphatic heterocycles. The maximum Gasteiger partial charge on any atom is 0.172 e. The minimum absolute atomic E-state index is 0.0821. The molecule has 1 saturated heterocycles. The molecule has 10 heteroatoms. The number of aromatic nitrogens is 6. The van der Waals surface area contributed by atoms with Crippen molar-refractivity contribution in [3.63, 3.8) is 0 Å². The quantitative estimate of drug-likeness (QED) is 0.435. The third kappa shape index (κ3) is 4.42. The monoisotopic (exact) mass is 470 g/mol. The van der Waals surface area contributed by atoms with E-state index in [0.29, 0.717) is 23.0 Å². The lowest BCUT2D eigenvalue weighted by Gasteiger charge is -2.34. The second-order valence-corrected chi connectivity index (χ2v) is 9.21. The van der Waals surface area contributed by atoms with Gasteiger partial charge >= 0.3 is 0 Å². The number of nitrogens with two attached hydrogens (primary N) is 1. The number of rotatable bonds is 6. The number of anilines is 3. The van der Waals surface area contributed by atoms with E-state index in [1.807, 2.05) is 49.3 Å². The van der Waals surface area contributed by atoms with Crippen molar-refractivity contribution in [3.8, 4) is 17.2 Å². The Hall–Kier alpha value is -3.97. The zero-order chi connectivity index (χ0) is 24.5. The van der Waals surface area contributed by atoms with E-state index in [1.165, 1.54) is 0 Å². The normalized spacial score (nSPS) is 16.1. The Balaban J connectivity index is 1.53. The number of aryl methyl sites for hydroxylation is 1. The first-order chi connectivity index (χ1) is 17.0. The van der Waals surface area contributed by atoms with E-state index in [1.54, 1.807) is 4.68 Å². The van der Waals surface area contributed by atoms with Crippen LogP contribution in [0.3, 0.4) is 0 Å². The molecule has 0 radical (unpaired) electrons. The summed E-state index contributed by atoms with van der Waals surface area (Å²) in [5.41, 5.74) is 10.5. The summed E-state index contributed by atoms with van der Waals surface area (Å²) in [5.74, 6) is 1.33. The third-order valence-corrected chi connectivity index (χ3v) is 6.36. The topological polar surface area (TPSA) is 126 Å². The van der Waals surface area contributed by atoms with E-state index >= 15 is 0 Å². The Labute approximate surface area is 204 Å². The Morgan fingerprint density at radius 3 is 2.83 bits per heavy atom. The first-order valence-corrected chi connectivity index (χ1v) is 12.1. The molecule has 1 fully saturated rings. The van der Waals surface area contributed by atoms with Gasteiger partial charge in [-0.25, -0.2) is 14.6 Å². The van der Waals surface area contributed by atoms with Crippen molar-refractivity contribution in [1.29, 1.82) is 5.26 Å². The van der Waals surface area contributed by atoms with E-state index in [9.17, 15) is 5.26 Å². The zero-order valence-electron chi connectivity index (χ0n) is 20.3. The van der Waals surface area contributed by atoms with Gasteiger partial charge in [0, 0.05) is 67.0 Å². The lowest BCUT2D eigenvalue weighted by molar-refractivity contribution is 0.506. The van der Waals surface area contributed by atoms with Crippen molar-refractivity contribution in [1.82, 2.24) is 29.5 Å².